The van der Waals surface area contributed by atoms with Gasteiger partial charge in [-0.3, -0.25) is 10.1 Å². The third kappa shape index (κ3) is 3.95. The van der Waals surface area contributed by atoms with E-state index in [-0.39, 0.29) is 10.7 Å². The minimum Gasteiger partial charge on any atom is -0.457 e. The van der Waals surface area contributed by atoms with Crippen molar-refractivity contribution in [1.82, 2.24) is 0 Å². The molecule has 0 radical (unpaired) electrons. The third-order valence-electron chi connectivity index (χ3n) is 3.62. The molecule has 0 aliphatic rings. The van der Waals surface area contributed by atoms with Crippen LogP contribution < -0.4 is 0 Å². The number of nitrogens with zero attached hydrogens (tertiary/aromatic N) is 2. The van der Waals surface area contributed by atoms with Gasteiger partial charge in [-0.15, -0.1) is 0 Å². The molecule has 0 saturated carbocycles. The van der Waals surface area contributed by atoms with Gasteiger partial charge in [-0.05, 0) is 64.6 Å². The van der Waals surface area contributed by atoms with Gasteiger partial charge in [-0.25, -0.2) is 0 Å². The van der Waals surface area contributed by atoms with Crippen LogP contribution >= 0.6 is 34.2 Å². The van der Waals surface area contributed by atoms with E-state index in [2.05, 4.69) is 28.7 Å². The lowest BCUT2D eigenvalue weighted by Gasteiger charge is -2.01. The lowest BCUT2D eigenvalue weighted by Crippen LogP contribution is -1.88. The van der Waals surface area contributed by atoms with Gasteiger partial charge < -0.3 is 4.42 Å². The van der Waals surface area contributed by atoms with E-state index in [0.717, 1.165) is 9.13 Å². The number of nitro benzene ring substituents is 1. The van der Waals surface area contributed by atoms with Crippen LogP contribution in [0.3, 0.4) is 0 Å². The monoisotopic (exact) mass is 476 g/mol. The van der Waals surface area contributed by atoms with Crippen LogP contribution in [0.1, 0.15) is 11.3 Å². The average Bonchev–Trinajstić information content (AvgIpc) is 3.08. The van der Waals surface area contributed by atoms with Crippen LogP contribution in [0.5, 0.6) is 0 Å². The van der Waals surface area contributed by atoms with Crippen molar-refractivity contribution in [3.63, 3.8) is 0 Å². The fraction of sp³-hybridized carbons (Fsp3) is 0. The normalized spacial score (nSPS) is 11.2. The third-order valence-corrected chi connectivity index (χ3v) is 4.65. The zero-order valence-corrected chi connectivity index (χ0v) is 16.1. The first-order valence-electron chi connectivity index (χ1n) is 7.40. The van der Waals surface area contributed by atoms with E-state index in [1.807, 2.05) is 24.3 Å². The van der Waals surface area contributed by atoms with Gasteiger partial charge in [0.1, 0.15) is 11.5 Å². The van der Waals surface area contributed by atoms with Crippen LogP contribution in [0.4, 0.5) is 5.69 Å². The summed E-state index contributed by atoms with van der Waals surface area (Å²) in [7, 11) is 0. The second-order valence-electron chi connectivity index (χ2n) is 5.30. The zero-order chi connectivity index (χ0) is 18.7. The topological polar surface area (TPSA) is 80.1 Å². The van der Waals surface area contributed by atoms with E-state index in [1.54, 1.807) is 18.2 Å². The molecule has 5 nitrogen and oxygen atoms in total. The Kier molecular flexibility index (Phi) is 5.40. The standard InChI is InChI=1S/C19H10ClIN2O3/c20-18-10-15(23(24)25)5-7-17(18)19-8-6-16(26-19)9-13(11-22)12-1-3-14(21)4-2-12/h1-10H/b13-9-. The fourth-order valence-corrected chi connectivity index (χ4v) is 2.97. The van der Waals surface area contributed by atoms with Crippen LogP contribution in [0, 0.1) is 25.0 Å². The Labute approximate surface area is 167 Å². The average molecular weight is 477 g/mol. The predicted octanol–water partition coefficient (Wildman–Crippen LogP) is 6.18. The highest BCUT2D eigenvalue weighted by molar-refractivity contribution is 14.1. The molecule has 1 aromatic heterocycles. The molecule has 3 rings (SSSR count). The molecule has 1 heterocycles. The van der Waals surface area contributed by atoms with Gasteiger partial charge in [0.25, 0.3) is 5.69 Å². The molecule has 0 bridgehead atoms. The molecule has 7 heteroatoms. The Balaban J connectivity index is 1.93. The van der Waals surface area contributed by atoms with E-state index >= 15 is 0 Å². The maximum absolute atomic E-state index is 10.8. The van der Waals surface area contributed by atoms with Crippen molar-refractivity contribution in [3.05, 3.63) is 84.6 Å². The molecule has 0 aliphatic carbocycles. The molecule has 0 spiro atoms. The Morgan fingerprint density at radius 3 is 2.54 bits per heavy atom. The lowest BCUT2D eigenvalue weighted by atomic mass is 10.1. The van der Waals surface area contributed by atoms with Gasteiger partial charge in [-0.2, -0.15) is 5.26 Å². The van der Waals surface area contributed by atoms with Crippen LogP contribution in [0.2, 0.25) is 5.02 Å². The summed E-state index contributed by atoms with van der Waals surface area (Å²) in [5.41, 5.74) is 1.72. The van der Waals surface area contributed by atoms with Crippen LogP contribution in [0.15, 0.2) is 59.0 Å². The molecular formula is C19H10ClIN2O3. The van der Waals surface area contributed by atoms with Crippen LogP contribution in [-0.2, 0) is 0 Å². The second kappa shape index (κ2) is 7.72. The number of nitro groups is 1. The fourth-order valence-electron chi connectivity index (χ4n) is 2.34. The van der Waals surface area contributed by atoms with Gasteiger partial charge in [0.15, 0.2) is 0 Å². The Morgan fingerprint density at radius 1 is 1.19 bits per heavy atom. The number of benzene rings is 2. The number of furan rings is 1. The molecular weight excluding hydrogens is 467 g/mol. The van der Waals surface area contributed by atoms with Gasteiger partial charge in [-0.1, -0.05) is 23.7 Å². The first-order chi connectivity index (χ1) is 12.5. The number of rotatable bonds is 4. The Morgan fingerprint density at radius 2 is 1.92 bits per heavy atom. The molecule has 0 atom stereocenters. The maximum atomic E-state index is 10.8. The number of allylic oxidation sites excluding steroid dienone is 1. The van der Waals surface area contributed by atoms with Crippen LogP contribution in [0.25, 0.3) is 23.0 Å². The van der Waals surface area contributed by atoms with Gasteiger partial charge in [0.2, 0.25) is 0 Å². The minimum atomic E-state index is -0.508. The molecule has 0 amide bonds. The summed E-state index contributed by atoms with van der Waals surface area (Å²) in [6.45, 7) is 0. The molecule has 0 N–H and O–H groups in total. The molecule has 0 unspecified atom stereocenters. The van der Waals surface area contributed by atoms with E-state index in [1.165, 1.54) is 18.2 Å². The molecule has 3 aromatic rings. The van der Waals surface area contributed by atoms with Crippen molar-refractivity contribution >= 4 is 51.5 Å². The molecule has 0 saturated heterocycles. The summed E-state index contributed by atoms with van der Waals surface area (Å²) in [5, 5.41) is 20.4. The summed E-state index contributed by atoms with van der Waals surface area (Å²) >= 11 is 8.33. The van der Waals surface area contributed by atoms with E-state index in [4.69, 9.17) is 16.0 Å². The number of non-ortho nitro benzene ring substituents is 1. The number of nitriles is 1. The molecule has 0 fully saturated rings. The van der Waals surface area contributed by atoms with Crippen molar-refractivity contribution in [2.24, 2.45) is 0 Å². The highest BCUT2D eigenvalue weighted by Crippen LogP contribution is 2.33. The molecule has 128 valence electrons. The van der Waals surface area contributed by atoms with E-state index in [0.29, 0.717) is 22.7 Å². The zero-order valence-electron chi connectivity index (χ0n) is 13.1. The first-order valence-corrected chi connectivity index (χ1v) is 8.85. The summed E-state index contributed by atoms with van der Waals surface area (Å²) < 4.78 is 6.83. The summed E-state index contributed by atoms with van der Waals surface area (Å²) in [6, 6.07) is 17.4. The van der Waals surface area contributed by atoms with Crippen molar-refractivity contribution in [1.29, 1.82) is 5.26 Å². The first kappa shape index (κ1) is 18.2. The number of halogens is 2. The van der Waals surface area contributed by atoms with E-state index in [9.17, 15) is 15.4 Å². The minimum absolute atomic E-state index is 0.0871. The number of hydrogen-bond acceptors (Lipinski definition) is 4. The highest BCUT2D eigenvalue weighted by Gasteiger charge is 2.13. The van der Waals surface area contributed by atoms with E-state index < -0.39 is 4.92 Å². The summed E-state index contributed by atoms with van der Waals surface area (Å²) in [5.74, 6) is 0.959. The number of hydrogen-bond donors (Lipinski definition) is 0. The van der Waals surface area contributed by atoms with Crippen molar-refractivity contribution < 1.29 is 9.34 Å². The van der Waals surface area contributed by atoms with Gasteiger partial charge in [0.05, 0.1) is 21.6 Å². The molecule has 0 aliphatic heterocycles. The van der Waals surface area contributed by atoms with Gasteiger partial charge in [0, 0.05) is 21.3 Å². The van der Waals surface area contributed by atoms with Gasteiger partial charge >= 0.3 is 0 Å². The Bertz CT molecular complexity index is 1050. The SMILES string of the molecule is N#C/C(=C/c1ccc(-c2ccc([N+](=O)[O-])cc2Cl)o1)c1ccc(I)cc1. The Hall–Kier alpha value is -2.63. The van der Waals surface area contributed by atoms with Crippen LogP contribution in [-0.4, -0.2) is 4.92 Å². The molecule has 26 heavy (non-hydrogen) atoms. The largest absolute Gasteiger partial charge is 0.457 e. The summed E-state index contributed by atoms with van der Waals surface area (Å²) in [4.78, 5) is 10.3. The van der Waals surface area contributed by atoms with Crippen molar-refractivity contribution in [3.8, 4) is 17.4 Å². The highest BCUT2D eigenvalue weighted by atomic mass is 127. The maximum Gasteiger partial charge on any atom is 0.270 e. The molecule has 2 aromatic carbocycles. The predicted molar refractivity (Wildman–Crippen MR) is 108 cm³/mol. The summed E-state index contributed by atoms with van der Waals surface area (Å²) in [6.07, 6.45) is 1.64. The van der Waals surface area contributed by atoms with Crippen molar-refractivity contribution in [2.45, 2.75) is 0 Å². The van der Waals surface area contributed by atoms with Crippen molar-refractivity contribution in [2.75, 3.05) is 0 Å². The quantitative estimate of drug-likeness (QED) is 0.195. The lowest BCUT2D eigenvalue weighted by molar-refractivity contribution is -0.384. The second-order valence-corrected chi connectivity index (χ2v) is 6.95. The smallest absolute Gasteiger partial charge is 0.270 e.